The Morgan fingerprint density at radius 1 is 1.28 bits per heavy atom. The van der Waals surface area contributed by atoms with Gasteiger partial charge in [0.15, 0.2) is 0 Å². The average molecular weight is 251 g/mol. The normalized spacial score (nSPS) is 13.2. The van der Waals surface area contributed by atoms with E-state index in [2.05, 4.69) is 26.1 Å². The molecule has 3 heteroatoms. The Labute approximate surface area is 110 Å². The van der Waals surface area contributed by atoms with Gasteiger partial charge in [0.25, 0.3) is 0 Å². The van der Waals surface area contributed by atoms with Crippen LogP contribution >= 0.6 is 0 Å². The number of hydrogen-bond donors (Lipinski definition) is 1. The van der Waals surface area contributed by atoms with Crippen molar-refractivity contribution < 1.29 is 9.47 Å². The van der Waals surface area contributed by atoms with Gasteiger partial charge in [-0.15, -0.1) is 0 Å². The summed E-state index contributed by atoms with van der Waals surface area (Å²) in [6.45, 7) is 9.02. The molecule has 102 valence electrons. The minimum atomic E-state index is -0.118. The standard InChI is InChI=1S/C15H25NO2/c1-6-18-14-10-8-7-9-13(14)16-12(2)11-15(3,4)17-5/h7-10,12,16H,6,11H2,1-5H3. The van der Waals surface area contributed by atoms with Crippen molar-refractivity contribution in [2.45, 2.75) is 45.8 Å². The first-order valence-corrected chi connectivity index (χ1v) is 6.52. The van der Waals surface area contributed by atoms with Gasteiger partial charge in [-0.05, 0) is 46.2 Å². The molecule has 1 rings (SSSR count). The van der Waals surface area contributed by atoms with E-state index in [0.29, 0.717) is 12.6 Å². The molecule has 0 saturated carbocycles. The summed E-state index contributed by atoms with van der Waals surface area (Å²) in [7, 11) is 1.75. The molecule has 0 bridgehead atoms. The lowest BCUT2D eigenvalue weighted by Gasteiger charge is -2.28. The number of hydrogen-bond acceptors (Lipinski definition) is 3. The summed E-state index contributed by atoms with van der Waals surface area (Å²) in [5.41, 5.74) is 0.922. The lowest BCUT2D eigenvalue weighted by molar-refractivity contribution is 0.0128. The van der Waals surface area contributed by atoms with E-state index in [1.54, 1.807) is 7.11 Å². The lowest BCUT2D eigenvalue weighted by Crippen LogP contribution is -2.31. The molecule has 0 amide bonds. The Kier molecular flexibility index (Phi) is 5.48. The molecule has 0 radical (unpaired) electrons. The van der Waals surface area contributed by atoms with Gasteiger partial charge in [-0.2, -0.15) is 0 Å². The zero-order valence-electron chi connectivity index (χ0n) is 12.1. The molecular formula is C15H25NO2. The average Bonchev–Trinajstić information content (AvgIpc) is 2.31. The van der Waals surface area contributed by atoms with E-state index in [1.165, 1.54) is 0 Å². The first-order chi connectivity index (χ1) is 8.48. The highest BCUT2D eigenvalue weighted by atomic mass is 16.5. The molecule has 1 atom stereocenters. The molecule has 1 aromatic carbocycles. The summed E-state index contributed by atoms with van der Waals surface area (Å²) in [5, 5.41) is 3.48. The monoisotopic (exact) mass is 251 g/mol. The van der Waals surface area contributed by atoms with Crippen LogP contribution in [0, 0.1) is 0 Å². The van der Waals surface area contributed by atoms with Crippen molar-refractivity contribution in [1.82, 2.24) is 0 Å². The Morgan fingerprint density at radius 3 is 2.56 bits per heavy atom. The summed E-state index contributed by atoms with van der Waals surface area (Å²) in [6.07, 6.45) is 0.934. The van der Waals surface area contributed by atoms with Gasteiger partial charge in [-0.1, -0.05) is 12.1 Å². The van der Waals surface area contributed by atoms with Crippen LogP contribution in [0.3, 0.4) is 0 Å². The van der Waals surface area contributed by atoms with Crippen molar-refractivity contribution in [3.05, 3.63) is 24.3 Å². The van der Waals surface area contributed by atoms with Crippen molar-refractivity contribution in [2.24, 2.45) is 0 Å². The van der Waals surface area contributed by atoms with E-state index in [-0.39, 0.29) is 5.60 Å². The SMILES string of the molecule is CCOc1ccccc1NC(C)CC(C)(C)OC. The fourth-order valence-corrected chi connectivity index (χ4v) is 2.00. The van der Waals surface area contributed by atoms with Gasteiger partial charge in [0, 0.05) is 13.2 Å². The Morgan fingerprint density at radius 2 is 1.94 bits per heavy atom. The first kappa shape index (κ1) is 14.8. The summed E-state index contributed by atoms with van der Waals surface area (Å²) in [6, 6.07) is 8.35. The molecule has 1 unspecified atom stereocenters. The zero-order valence-corrected chi connectivity index (χ0v) is 12.1. The molecule has 0 spiro atoms. The Balaban J connectivity index is 2.66. The summed E-state index contributed by atoms with van der Waals surface area (Å²) >= 11 is 0. The molecule has 0 heterocycles. The van der Waals surface area contributed by atoms with Gasteiger partial charge in [-0.25, -0.2) is 0 Å². The van der Waals surface area contributed by atoms with Gasteiger partial charge < -0.3 is 14.8 Å². The van der Waals surface area contributed by atoms with E-state index in [4.69, 9.17) is 9.47 Å². The molecule has 0 fully saturated rings. The summed E-state index contributed by atoms with van der Waals surface area (Å²) < 4.78 is 11.1. The lowest BCUT2D eigenvalue weighted by atomic mass is 9.99. The van der Waals surface area contributed by atoms with Gasteiger partial charge in [0.2, 0.25) is 0 Å². The predicted octanol–water partition coefficient (Wildman–Crippen LogP) is 3.70. The molecule has 0 aromatic heterocycles. The molecule has 18 heavy (non-hydrogen) atoms. The van der Waals surface area contributed by atoms with Crippen LogP contribution in [0.4, 0.5) is 5.69 Å². The summed E-state index contributed by atoms with van der Waals surface area (Å²) in [5.74, 6) is 0.905. The second kappa shape index (κ2) is 6.64. The van der Waals surface area contributed by atoms with Crippen LogP contribution in [-0.2, 0) is 4.74 Å². The maximum atomic E-state index is 5.60. The first-order valence-electron chi connectivity index (χ1n) is 6.52. The van der Waals surface area contributed by atoms with E-state index in [0.717, 1.165) is 17.9 Å². The third kappa shape index (κ3) is 4.57. The molecule has 0 aliphatic heterocycles. The third-order valence-electron chi connectivity index (χ3n) is 2.94. The minimum Gasteiger partial charge on any atom is -0.492 e. The number of benzene rings is 1. The Bertz CT molecular complexity index is 363. The molecule has 0 saturated heterocycles. The molecule has 1 aromatic rings. The Hall–Kier alpha value is -1.22. The van der Waals surface area contributed by atoms with Crippen molar-refractivity contribution >= 4 is 5.69 Å². The molecule has 0 aliphatic rings. The number of ether oxygens (including phenoxy) is 2. The van der Waals surface area contributed by atoms with Crippen LogP contribution in [0.5, 0.6) is 5.75 Å². The highest BCUT2D eigenvalue weighted by molar-refractivity contribution is 5.56. The predicted molar refractivity (Wildman–Crippen MR) is 76.4 cm³/mol. The molecule has 1 N–H and O–H groups in total. The van der Waals surface area contributed by atoms with Crippen LogP contribution in [-0.4, -0.2) is 25.4 Å². The topological polar surface area (TPSA) is 30.5 Å². The zero-order chi connectivity index (χ0) is 13.6. The maximum Gasteiger partial charge on any atom is 0.142 e. The third-order valence-corrected chi connectivity index (χ3v) is 2.94. The highest BCUT2D eigenvalue weighted by Gasteiger charge is 2.20. The fraction of sp³-hybridized carbons (Fsp3) is 0.600. The highest BCUT2D eigenvalue weighted by Crippen LogP contribution is 2.26. The van der Waals surface area contributed by atoms with Gasteiger partial charge in [0.05, 0.1) is 17.9 Å². The van der Waals surface area contributed by atoms with Crippen molar-refractivity contribution in [1.29, 1.82) is 0 Å². The smallest absolute Gasteiger partial charge is 0.142 e. The quantitative estimate of drug-likeness (QED) is 0.801. The van der Waals surface area contributed by atoms with E-state index < -0.39 is 0 Å². The molecule has 0 aliphatic carbocycles. The van der Waals surface area contributed by atoms with Crippen molar-refractivity contribution in [3.63, 3.8) is 0 Å². The maximum absolute atomic E-state index is 5.60. The van der Waals surface area contributed by atoms with Crippen LogP contribution in [0.25, 0.3) is 0 Å². The van der Waals surface area contributed by atoms with Crippen LogP contribution in [0.15, 0.2) is 24.3 Å². The number of rotatable bonds is 7. The summed E-state index contributed by atoms with van der Waals surface area (Å²) in [4.78, 5) is 0. The van der Waals surface area contributed by atoms with Gasteiger partial charge in [-0.3, -0.25) is 0 Å². The van der Waals surface area contributed by atoms with Crippen molar-refractivity contribution in [3.8, 4) is 5.75 Å². The van der Waals surface area contributed by atoms with Gasteiger partial charge >= 0.3 is 0 Å². The van der Waals surface area contributed by atoms with Crippen molar-refractivity contribution in [2.75, 3.05) is 19.0 Å². The van der Waals surface area contributed by atoms with Gasteiger partial charge in [0.1, 0.15) is 5.75 Å². The number of anilines is 1. The van der Waals surface area contributed by atoms with Crippen LogP contribution in [0.1, 0.15) is 34.1 Å². The van der Waals surface area contributed by atoms with Crippen LogP contribution < -0.4 is 10.1 Å². The second-order valence-electron chi connectivity index (χ2n) is 5.14. The largest absolute Gasteiger partial charge is 0.492 e. The minimum absolute atomic E-state index is 0.118. The van der Waals surface area contributed by atoms with E-state index in [1.807, 2.05) is 31.2 Å². The number of methoxy groups -OCH3 is 1. The van der Waals surface area contributed by atoms with Crippen LogP contribution in [0.2, 0.25) is 0 Å². The fourth-order valence-electron chi connectivity index (χ4n) is 2.00. The molecule has 3 nitrogen and oxygen atoms in total. The molecular weight excluding hydrogens is 226 g/mol. The van der Waals surface area contributed by atoms with E-state index >= 15 is 0 Å². The number of para-hydroxylation sites is 2. The number of nitrogens with one attached hydrogen (secondary N) is 1. The van der Waals surface area contributed by atoms with E-state index in [9.17, 15) is 0 Å². The second-order valence-corrected chi connectivity index (χ2v) is 5.14.